The van der Waals surface area contributed by atoms with E-state index in [1.54, 1.807) is 7.11 Å². The van der Waals surface area contributed by atoms with Gasteiger partial charge in [-0.3, -0.25) is 4.68 Å². The predicted molar refractivity (Wildman–Crippen MR) is 75.9 cm³/mol. The molecule has 0 aliphatic carbocycles. The molecule has 5 heteroatoms. The fraction of sp³-hybridized carbons (Fsp3) is 0.308. The van der Waals surface area contributed by atoms with Crippen molar-refractivity contribution in [1.82, 2.24) is 9.78 Å². The van der Waals surface area contributed by atoms with Crippen LogP contribution in [0.25, 0.3) is 0 Å². The monoisotopic (exact) mass is 309 g/mol. The lowest BCUT2D eigenvalue weighted by Crippen LogP contribution is -2.01. The first-order chi connectivity index (χ1) is 8.72. The Bertz CT molecular complexity index is 525. The molecule has 0 saturated carbocycles. The molecule has 0 atom stereocenters. The van der Waals surface area contributed by atoms with E-state index < -0.39 is 0 Å². The van der Waals surface area contributed by atoms with E-state index in [0.29, 0.717) is 6.54 Å². The Balaban J connectivity index is 2.07. The Morgan fingerprint density at radius 2 is 2.28 bits per heavy atom. The van der Waals surface area contributed by atoms with Gasteiger partial charge in [0.05, 0.1) is 19.0 Å². The third kappa shape index (κ3) is 3.04. The van der Waals surface area contributed by atoms with Crippen LogP contribution >= 0.6 is 15.9 Å². The van der Waals surface area contributed by atoms with Gasteiger partial charge in [-0.15, -0.1) is 0 Å². The van der Waals surface area contributed by atoms with Crippen LogP contribution in [-0.4, -0.2) is 16.9 Å². The summed E-state index contributed by atoms with van der Waals surface area (Å²) in [7, 11) is 1.68. The van der Waals surface area contributed by atoms with Crippen LogP contribution in [0.4, 0.5) is 5.69 Å². The first-order valence-electron chi connectivity index (χ1n) is 5.81. The highest BCUT2D eigenvalue weighted by molar-refractivity contribution is 9.10. The summed E-state index contributed by atoms with van der Waals surface area (Å²) in [5.41, 5.74) is 2.12. The summed E-state index contributed by atoms with van der Waals surface area (Å²) >= 11 is 3.47. The molecule has 0 spiro atoms. The predicted octanol–water partition coefficient (Wildman–Crippen LogP) is 3.29. The maximum absolute atomic E-state index is 5.33. The highest BCUT2D eigenvalue weighted by atomic mass is 79.9. The number of nitrogens with one attached hydrogen (secondary N) is 1. The average molecular weight is 310 g/mol. The number of ether oxygens (including phenoxy) is 1. The van der Waals surface area contributed by atoms with Gasteiger partial charge in [0.2, 0.25) is 0 Å². The van der Waals surface area contributed by atoms with E-state index in [0.717, 1.165) is 28.0 Å². The minimum absolute atomic E-state index is 0.706. The van der Waals surface area contributed by atoms with Crippen molar-refractivity contribution >= 4 is 21.6 Å². The number of aryl methyl sites for hydroxylation is 1. The first kappa shape index (κ1) is 13.0. The van der Waals surface area contributed by atoms with Crippen LogP contribution in [0.5, 0.6) is 5.75 Å². The lowest BCUT2D eigenvalue weighted by atomic mass is 10.2. The van der Waals surface area contributed by atoms with Crippen LogP contribution in [0.1, 0.15) is 12.5 Å². The van der Waals surface area contributed by atoms with Crippen molar-refractivity contribution in [3.8, 4) is 5.75 Å². The van der Waals surface area contributed by atoms with E-state index in [4.69, 9.17) is 4.74 Å². The van der Waals surface area contributed by atoms with Gasteiger partial charge in [0.25, 0.3) is 0 Å². The molecule has 2 rings (SSSR count). The molecule has 1 heterocycles. The van der Waals surface area contributed by atoms with Crippen molar-refractivity contribution in [2.75, 3.05) is 12.4 Å². The third-order valence-corrected chi connectivity index (χ3v) is 3.18. The van der Waals surface area contributed by atoms with E-state index in [1.807, 2.05) is 29.2 Å². The van der Waals surface area contributed by atoms with Gasteiger partial charge in [-0.1, -0.05) is 15.9 Å². The number of nitrogens with zero attached hydrogens (tertiary/aromatic N) is 2. The van der Waals surface area contributed by atoms with Crippen molar-refractivity contribution in [3.63, 3.8) is 0 Å². The molecule has 0 unspecified atom stereocenters. The summed E-state index contributed by atoms with van der Waals surface area (Å²) in [6.07, 6.45) is 3.82. The van der Waals surface area contributed by atoms with Gasteiger partial charge < -0.3 is 10.1 Å². The standard InChI is InChI=1S/C13H16BrN3O/c1-3-17-9-12(8-16-17)15-7-10-6-11(14)4-5-13(10)18-2/h4-6,8-9,15H,3,7H2,1-2H3. The molecule has 1 N–H and O–H groups in total. The van der Waals surface area contributed by atoms with Crippen molar-refractivity contribution in [2.45, 2.75) is 20.0 Å². The Labute approximate surface area is 115 Å². The van der Waals surface area contributed by atoms with E-state index in [2.05, 4.69) is 39.3 Å². The van der Waals surface area contributed by atoms with Crippen LogP contribution in [0, 0.1) is 0 Å². The number of hydrogen-bond acceptors (Lipinski definition) is 3. The molecule has 2 aromatic rings. The highest BCUT2D eigenvalue weighted by Gasteiger charge is 2.04. The number of anilines is 1. The van der Waals surface area contributed by atoms with E-state index in [1.165, 1.54) is 0 Å². The van der Waals surface area contributed by atoms with Crippen molar-refractivity contribution in [3.05, 3.63) is 40.6 Å². The summed E-state index contributed by atoms with van der Waals surface area (Å²) in [5.74, 6) is 0.883. The molecule has 0 bridgehead atoms. The number of methoxy groups -OCH3 is 1. The molecule has 0 aliphatic rings. The Morgan fingerprint density at radius 3 is 2.94 bits per heavy atom. The summed E-state index contributed by atoms with van der Waals surface area (Å²) in [5, 5.41) is 7.55. The minimum Gasteiger partial charge on any atom is -0.496 e. The highest BCUT2D eigenvalue weighted by Crippen LogP contribution is 2.23. The van der Waals surface area contributed by atoms with Crippen LogP contribution < -0.4 is 10.1 Å². The molecule has 18 heavy (non-hydrogen) atoms. The van der Waals surface area contributed by atoms with Gasteiger partial charge in [-0.2, -0.15) is 5.10 Å². The second-order valence-electron chi connectivity index (χ2n) is 3.89. The second-order valence-corrected chi connectivity index (χ2v) is 4.81. The maximum Gasteiger partial charge on any atom is 0.123 e. The third-order valence-electron chi connectivity index (χ3n) is 2.68. The van der Waals surface area contributed by atoms with E-state index in [-0.39, 0.29) is 0 Å². The van der Waals surface area contributed by atoms with Gasteiger partial charge in [0.1, 0.15) is 5.75 Å². The fourth-order valence-corrected chi connectivity index (χ4v) is 2.12. The molecular weight excluding hydrogens is 294 g/mol. The Morgan fingerprint density at radius 1 is 1.44 bits per heavy atom. The first-order valence-corrected chi connectivity index (χ1v) is 6.61. The Kier molecular flexibility index (Phi) is 4.25. The molecule has 1 aromatic heterocycles. The minimum atomic E-state index is 0.706. The molecule has 0 fully saturated rings. The number of halogens is 1. The van der Waals surface area contributed by atoms with Gasteiger partial charge in [-0.05, 0) is 25.1 Å². The van der Waals surface area contributed by atoms with Gasteiger partial charge in [0, 0.05) is 29.3 Å². The van der Waals surface area contributed by atoms with Crippen molar-refractivity contribution in [2.24, 2.45) is 0 Å². The number of benzene rings is 1. The van der Waals surface area contributed by atoms with Crippen LogP contribution in [0.3, 0.4) is 0 Å². The Hall–Kier alpha value is -1.49. The molecule has 96 valence electrons. The van der Waals surface area contributed by atoms with Gasteiger partial charge in [-0.25, -0.2) is 0 Å². The maximum atomic E-state index is 5.33. The van der Waals surface area contributed by atoms with Gasteiger partial charge >= 0.3 is 0 Å². The van der Waals surface area contributed by atoms with Crippen molar-refractivity contribution in [1.29, 1.82) is 0 Å². The number of hydrogen-bond donors (Lipinski definition) is 1. The zero-order valence-electron chi connectivity index (χ0n) is 10.5. The lowest BCUT2D eigenvalue weighted by Gasteiger charge is -2.09. The largest absolute Gasteiger partial charge is 0.496 e. The molecule has 4 nitrogen and oxygen atoms in total. The van der Waals surface area contributed by atoms with E-state index in [9.17, 15) is 0 Å². The van der Waals surface area contributed by atoms with Crippen LogP contribution in [0.2, 0.25) is 0 Å². The van der Waals surface area contributed by atoms with Crippen LogP contribution in [0.15, 0.2) is 35.1 Å². The summed E-state index contributed by atoms with van der Waals surface area (Å²) < 4.78 is 8.27. The number of aromatic nitrogens is 2. The summed E-state index contributed by atoms with van der Waals surface area (Å²) in [6.45, 7) is 3.65. The molecule has 0 saturated heterocycles. The van der Waals surface area contributed by atoms with Gasteiger partial charge in [0.15, 0.2) is 0 Å². The average Bonchev–Trinajstić information content (AvgIpc) is 2.84. The zero-order chi connectivity index (χ0) is 13.0. The molecule has 0 radical (unpaired) electrons. The van der Waals surface area contributed by atoms with Crippen molar-refractivity contribution < 1.29 is 4.74 Å². The topological polar surface area (TPSA) is 39.1 Å². The van der Waals surface area contributed by atoms with Crippen LogP contribution in [-0.2, 0) is 13.1 Å². The van der Waals surface area contributed by atoms with E-state index >= 15 is 0 Å². The number of rotatable bonds is 5. The molecule has 1 aromatic carbocycles. The second kappa shape index (κ2) is 5.91. The molecule has 0 amide bonds. The zero-order valence-corrected chi connectivity index (χ0v) is 12.1. The molecule has 0 aliphatic heterocycles. The molecular formula is C13H16BrN3O. The smallest absolute Gasteiger partial charge is 0.123 e. The fourth-order valence-electron chi connectivity index (χ4n) is 1.71. The quantitative estimate of drug-likeness (QED) is 0.921. The SMILES string of the molecule is CCn1cc(NCc2cc(Br)ccc2OC)cn1. The lowest BCUT2D eigenvalue weighted by molar-refractivity contribution is 0.410. The summed E-state index contributed by atoms with van der Waals surface area (Å²) in [4.78, 5) is 0. The normalized spacial score (nSPS) is 10.4. The summed E-state index contributed by atoms with van der Waals surface area (Å²) in [6, 6.07) is 5.98.